The number of halogens is 1. The molecule has 114 valence electrons. The number of hydrogen-bond donors (Lipinski definition) is 1. The van der Waals surface area contributed by atoms with Crippen LogP contribution in [0.4, 0.5) is 0 Å². The molecule has 1 aliphatic rings. The second-order valence-corrected chi connectivity index (χ2v) is 5.07. The van der Waals surface area contributed by atoms with Gasteiger partial charge in [0.05, 0.1) is 5.02 Å². The average Bonchev–Trinajstić information content (AvgIpc) is 2.46. The molecule has 0 aromatic heterocycles. The molecule has 0 bridgehead atoms. The van der Waals surface area contributed by atoms with E-state index in [1.54, 1.807) is 6.92 Å². The van der Waals surface area contributed by atoms with Crippen LogP contribution in [0.15, 0.2) is 12.1 Å². The van der Waals surface area contributed by atoms with Crippen molar-refractivity contribution in [2.45, 2.75) is 19.4 Å². The number of aliphatic carboxylic acids is 1. The Morgan fingerprint density at radius 2 is 2.05 bits per heavy atom. The molecular weight excluding hydrogens is 298 g/mol. The van der Waals surface area contributed by atoms with E-state index in [9.17, 15) is 9.59 Å². The Morgan fingerprint density at radius 3 is 2.67 bits per heavy atom. The molecule has 1 N–H and O–H groups in total. The number of carboxylic acids is 1. The van der Waals surface area contributed by atoms with Crippen LogP contribution >= 0.6 is 11.6 Å². The standard InChI is InChI=1S/C14H16ClNO5/c1-3-10(14(18)19)16(2)13(17)8-6-9(15)12-11(7-8)20-4-5-21-12/h6-7,10H,3-5H2,1-2H3,(H,18,19). The third-order valence-corrected chi connectivity index (χ3v) is 3.58. The smallest absolute Gasteiger partial charge is 0.326 e. The Bertz CT molecular complexity index is 575. The van der Waals surface area contributed by atoms with Gasteiger partial charge in [0, 0.05) is 12.6 Å². The summed E-state index contributed by atoms with van der Waals surface area (Å²) in [6, 6.07) is 2.10. The number of hydrogen-bond acceptors (Lipinski definition) is 4. The monoisotopic (exact) mass is 313 g/mol. The van der Waals surface area contributed by atoms with Gasteiger partial charge in [-0.2, -0.15) is 0 Å². The summed E-state index contributed by atoms with van der Waals surface area (Å²) in [6.45, 7) is 2.49. The van der Waals surface area contributed by atoms with Crippen molar-refractivity contribution in [2.24, 2.45) is 0 Å². The number of nitrogens with zero attached hydrogens (tertiary/aromatic N) is 1. The maximum absolute atomic E-state index is 12.4. The van der Waals surface area contributed by atoms with Crippen molar-refractivity contribution in [3.05, 3.63) is 22.7 Å². The van der Waals surface area contributed by atoms with Crippen molar-refractivity contribution in [2.75, 3.05) is 20.3 Å². The number of carboxylic acid groups (broad SMARTS) is 1. The molecule has 1 aromatic carbocycles. The van der Waals surface area contributed by atoms with Crippen molar-refractivity contribution in [1.82, 2.24) is 4.90 Å². The van der Waals surface area contributed by atoms with Gasteiger partial charge in [0.25, 0.3) is 5.91 Å². The molecule has 1 aliphatic heterocycles. The minimum atomic E-state index is -1.04. The Morgan fingerprint density at radius 1 is 1.38 bits per heavy atom. The number of amides is 1. The molecule has 0 fully saturated rings. The summed E-state index contributed by atoms with van der Waals surface area (Å²) in [5, 5.41) is 9.39. The molecule has 1 atom stereocenters. The van der Waals surface area contributed by atoms with E-state index in [0.29, 0.717) is 31.1 Å². The summed E-state index contributed by atoms with van der Waals surface area (Å²) in [6.07, 6.45) is 0.315. The summed E-state index contributed by atoms with van der Waals surface area (Å²) in [7, 11) is 1.45. The van der Waals surface area contributed by atoms with Gasteiger partial charge in [-0.1, -0.05) is 18.5 Å². The van der Waals surface area contributed by atoms with E-state index in [1.807, 2.05) is 0 Å². The van der Waals surface area contributed by atoms with E-state index >= 15 is 0 Å². The van der Waals surface area contributed by atoms with Crippen molar-refractivity contribution in [1.29, 1.82) is 0 Å². The maximum Gasteiger partial charge on any atom is 0.326 e. The van der Waals surface area contributed by atoms with Crippen molar-refractivity contribution in [3.8, 4) is 11.5 Å². The van der Waals surface area contributed by atoms with Crippen LogP contribution in [-0.2, 0) is 4.79 Å². The first kappa shape index (κ1) is 15.4. The zero-order chi connectivity index (χ0) is 15.6. The highest BCUT2D eigenvalue weighted by Gasteiger charge is 2.27. The molecule has 6 nitrogen and oxygen atoms in total. The molecule has 0 saturated carbocycles. The van der Waals surface area contributed by atoms with Gasteiger partial charge < -0.3 is 19.5 Å². The van der Waals surface area contributed by atoms with Gasteiger partial charge >= 0.3 is 5.97 Å². The molecule has 2 rings (SSSR count). The lowest BCUT2D eigenvalue weighted by atomic mass is 10.1. The predicted octanol–water partition coefficient (Wildman–Crippen LogP) is 2.05. The molecule has 1 amide bonds. The van der Waals surface area contributed by atoms with Crippen LogP contribution < -0.4 is 9.47 Å². The average molecular weight is 314 g/mol. The number of benzene rings is 1. The number of likely N-dealkylation sites (N-methyl/N-ethyl adjacent to an activating group) is 1. The van der Waals surface area contributed by atoms with Gasteiger partial charge in [0.2, 0.25) is 0 Å². The molecule has 1 unspecified atom stereocenters. The van der Waals surface area contributed by atoms with E-state index in [2.05, 4.69) is 0 Å². The number of fused-ring (bicyclic) bond motifs is 1. The normalized spacial score (nSPS) is 14.4. The first-order chi connectivity index (χ1) is 9.95. The van der Waals surface area contributed by atoms with Gasteiger partial charge in [-0.15, -0.1) is 0 Å². The molecule has 7 heteroatoms. The topological polar surface area (TPSA) is 76.1 Å². The number of ether oxygens (including phenoxy) is 2. The van der Waals surface area contributed by atoms with Crippen molar-refractivity contribution < 1.29 is 24.2 Å². The lowest BCUT2D eigenvalue weighted by Gasteiger charge is -2.25. The lowest BCUT2D eigenvalue weighted by molar-refractivity contribution is -0.142. The zero-order valence-corrected chi connectivity index (χ0v) is 12.5. The first-order valence-corrected chi connectivity index (χ1v) is 6.92. The van der Waals surface area contributed by atoms with Gasteiger partial charge in [-0.25, -0.2) is 4.79 Å². The molecule has 0 saturated heterocycles. The number of rotatable bonds is 4. The fourth-order valence-electron chi connectivity index (χ4n) is 2.19. The van der Waals surface area contributed by atoms with Crippen molar-refractivity contribution >= 4 is 23.5 Å². The fraction of sp³-hybridized carbons (Fsp3) is 0.429. The maximum atomic E-state index is 12.4. The van der Waals surface area contributed by atoms with Crippen LogP contribution in [0.2, 0.25) is 5.02 Å². The summed E-state index contributed by atoms with van der Waals surface area (Å²) in [4.78, 5) is 24.7. The molecule has 0 aliphatic carbocycles. The fourth-order valence-corrected chi connectivity index (χ4v) is 2.46. The number of carbonyl (C=O) groups excluding carboxylic acids is 1. The SMILES string of the molecule is CCC(C(=O)O)N(C)C(=O)c1cc(Cl)c2c(c1)OCCO2. The minimum Gasteiger partial charge on any atom is -0.486 e. The second-order valence-electron chi connectivity index (χ2n) is 4.66. The van der Waals surface area contributed by atoms with Crippen LogP contribution in [0, 0.1) is 0 Å². The Balaban J connectivity index is 2.31. The molecule has 0 spiro atoms. The second kappa shape index (κ2) is 6.22. The molecule has 1 aromatic rings. The first-order valence-electron chi connectivity index (χ1n) is 6.54. The largest absolute Gasteiger partial charge is 0.486 e. The Kier molecular flexibility index (Phi) is 4.57. The lowest BCUT2D eigenvalue weighted by Crippen LogP contribution is -2.42. The van der Waals surface area contributed by atoms with E-state index < -0.39 is 17.9 Å². The predicted molar refractivity (Wildman–Crippen MR) is 76.3 cm³/mol. The van der Waals surface area contributed by atoms with Crippen LogP contribution in [0.1, 0.15) is 23.7 Å². The quantitative estimate of drug-likeness (QED) is 0.920. The van der Waals surface area contributed by atoms with Crippen molar-refractivity contribution in [3.63, 3.8) is 0 Å². The molecular formula is C14H16ClNO5. The van der Waals surface area contributed by atoms with Gasteiger partial charge in [-0.05, 0) is 18.6 Å². The van der Waals surface area contributed by atoms with E-state index in [4.69, 9.17) is 26.2 Å². The van der Waals surface area contributed by atoms with Gasteiger partial charge in [0.1, 0.15) is 19.3 Å². The van der Waals surface area contributed by atoms with Crippen LogP contribution in [0.25, 0.3) is 0 Å². The summed E-state index contributed by atoms with van der Waals surface area (Å²) < 4.78 is 10.8. The molecule has 0 radical (unpaired) electrons. The van der Waals surface area contributed by atoms with Gasteiger partial charge in [-0.3, -0.25) is 4.79 Å². The van der Waals surface area contributed by atoms with E-state index in [-0.39, 0.29) is 10.6 Å². The summed E-state index contributed by atoms with van der Waals surface area (Å²) >= 11 is 6.08. The Hall–Kier alpha value is -1.95. The molecule has 1 heterocycles. The highest BCUT2D eigenvalue weighted by molar-refractivity contribution is 6.32. The number of carbonyl (C=O) groups is 2. The minimum absolute atomic E-state index is 0.270. The zero-order valence-electron chi connectivity index (χ0n) is 11.8. The van der Waals surface area contributed by atoms with Crippen LogP contribution in [0.3, 0.4) is 0 Å². The highest BCUT2D eigenvalue weighted by atomic mass is 35.5. The summed E-state index contributed by atoms with van der Waals surface area (Å²) in [5.41, 5.74) is 0.270. The third kappa shape index (κ3) is 3.05. The van der Waals surface area contributed by atoms with Gasteiger partial charge in [0.15, 0.2) is 11.5 Å². The van der Waals surface area contributed by atoms with Crippen LogP contribution in [-0.4, -0.2) is 48.2 Å². The summed E-state index contributed by atoms with van der Waals surface area (Å²) in [5.74, 6) is -0.665. The van der Waals surface area contributed by atoms with E-state index in [1.165, 1.54) is 24.1 Å². The highest BCUT2D eigenvalue weighted by Crippen LogP contribution is 2.38. The van der Waals surface area contributed by atoms with Crippen LogP contribution in [0.5, 0.6) is 11.5 Å². The molecule has 21 heavy (non-hydrogen) atoms. The third-order valence-electron chi connectivity index (χ3n) is 3.30. The Labute approximate surface area is 127 Å². The van der Waals surface area contributed by atoms with E-state index in [0.717, 1.165) is 0 Å².